The quantitative estimate of drug-likeness (QED) is 0.802. The molecular formula is C15H16N4S. The Hall–Kier alpha value is -1.72. The van der Waals surface area contributed by atoms with Gasteiger partial charge in [0.1, 0.15) is 10.8 Å². The summed E-state index contributed by atoms with van der Waals surface area (Å²) in [5, 5.41) is 1.25. The first-order valence-corrected chi connectivity index (χ1v) is 7.79. The molecular weight excluding hydrogens is 268 g/mol. The fourth-order valence-electron chi connectivity index (χ4n) is 2.90. The van der Waals surface area contributed by atoms with Gasteiger partial charge in [-0.1, -0.05) is 12.1 Å². The highest BCUT2D eigenvalue weighted by Crippen LogP contribution is 2.36. The van der Waals surface area contributed by atoms with Gasteiger partial charge in [-0.15, -0.1) is 11.3 Å². The van der Waals surface area contributed by atoms with Crippen LogP contribution in [0, 0.1) is 0 Å². The molecule has 0 saturated carbocycles. The highest BCUT2D eigenvalue weighted by molar-refractivity contribution is 7.18. The molecule has 0 spiro atoms. The van der Waals surface area contributed by atoms with E-state index in [-0.39, 0.29) is 0 Å². The molecule has 0 radical (unpaired) electrons. The van der Waals surface area contributed by atoms with E-state index in [1.54, 1.807) is 0 Å². The second-order valence-corrected chi connectivity index (χ2v) is 6.25. The SMILES string of the molecule is c1ccc2sc(C3CCCN3Cc3ncc[nH]3)nc2c1. The molecule has 4 rings (SSSR count). The Balaban J connectivity index is 1.62. The maximum atomic E-state index is 4.82. The van der Waals surface area contributed by atoms with Crippen molar-refractivity contribution < 1.29 is 0 Å². The molecule has 1 unspecified atom stereocenters. The normalized spacial score (nSPS) is 19.9. The first-order valence-electron chi connectivity index (χ1n) is 6.98. The Kier molecular flexibility index (Phi) is 3.01. The summed E-state index contributed by atoms with van der Waals surface area (Å²) in [6, 6.07) is 8.84. The lowest BCUT2D eigenvalue weighted by Gasteiger charge is -2.21. The summed E-state index contributed by atoms with van der Waals surface area (Å²) >= 11 is 1.83. The van der Waals surface area contributed by atoms with Crippen LogP contribution in [0.3, 0.4) is 0 Å². The molecule has 3 aromatic rings. The minimum absolute atomic E-state index is 0.442. The summed E-state index contributed by atoms with van der Waals surface area (Å²) in [4.78, 5) is 14.8. The van der Waals surface area contributed by atoms with Crippen LogP contribution in [0.2, 0.25) is 0 Å². The molecule has 1 aromatic carbocycles. The zero-order valence-electron chi connectivity index (χ0n) is 11.1. The lowest BCUT2D eigenvalue weighted by atomic mass is 10.2. The molecule has 20 heavy (non-hydrogen) atoms. The number of nitrogens with one attached hydrogen (secondary N) is 1. The van der Waals surface area contributed by atoms with Crippen molar-refractivity contribution >= 4 is 21.6 Å². The number of hydrogen-bond donors (Lipinski definition) is 1. The third kappa shape index (κ3) is 2.13. The third-order valence-corrected chi connectivity index (χ3v) is 5.00. The summed E-state index contributed by atoms with van der Waals surface area (Å²) in [5.41, 5.74) is 1.12. The van der Waals surface area contributed by atoms with Crippen molar-refractivity contribution in [3.05, 3.63) is 47.5 Å². The fourth-order valence-corrected chi connectivity index (χ4v) is 4.04. The number of aromatic nitrogens is 3. The van der Waals surface area contributed by atoms with Gasteiger partial charge in [0.05, 0.1) is 22.8 Å². The van der Waals surface area contributed by atoms with Crippen molar-refractivity contribution in [3.8, 4) is 0 Å². The third-order valence-electron chi connectivity index (χ3n) is 3.87. The van der Waals surface area contributed by atoms with Crippen LogP contribution in [0.4, 0.5) is 0 Å². The van der Waals surface area contributed by atoms with Crippen molar-refractivity contribution in [1.29, 1.82) is 0 Å². The van der Waals surface area contributed by atoms with E-state index in [9.17, 15) is 0 Å². The van der Waals surface area contributed by atoms with Gasteiger partial charge >= 0.3 is 0 Å². The maximum Gasteiger partial charge on any atom is 0.120 e. The zero-order chi connectivity index (χ0) is 13.4. The average Bonchev–Trinajstić information content (AvgIpc) is 3.18. The predicted octanol–water partition coefficient (Wildman–Crippen LogP) is 3.36. The van der Waals surface area contributed by atoms with Gasteiger partial charge in [0.25, 0.3) is 0 Å². The van der Waals surface area contributed by atoms with Gasteiger partial charge in [-0.3, -0.25) is 4.90 Å². The van der Waals surface area contributed by atoms with Crippen LogP contribution in [0.5, 0.6) is 0 Å². The van der Waals surface area contributed by atoms with Crippen LogP contribution in [0.25, 0.3) is 10.2 Å². The molecule has 4 nitrogen and oxygen atoms in total. The smallest absolute Gasteiger partial charge is 0.120 e. The largest absolute Gasteiger partial charge is 0.348 e. The first kappa shape index (κ1) is 12.1. The molecule has 1 aliphatic rings. The van der Waals surface area contributed by atoms with Gasteiger partial charge in [-0.05, 0) is 31.5 Å². The van der Waals surface area contributed by atoms with E-state index in [1.807, 2.05) is 23.7 Å². The number of fused-ring (bicyclic) bond motifs is 1. The number of para-hydroxylation sites is 1. The molecule has 102 valence electrons. The summed E-state index contributed by atoms with van der Waals surface area (Å²) in [5.74, 6) is 1.04. The highest BCUT2D eigenvalue weighted by atomic mass is 32.1. The second kappa shape index (κ2) is 5.00. The molecule has 0 aliphatic carbocycles. The number of rotatable bonds is 3. The number of imidazole rings is 1. The minimum atomic E-state index is 0.442. The topological polar surface area (TPSA) is 44.8 Å². The molecule has 1 N–H and O–H groups in total. The van der Waals surface area contributed by atoms with E-state index in [2.05, 4.69) is 39.1 Å². The minimum Gasteiger partial charge on any atom is -0.348 e. The van der Waals surface area contributed by atoms with Crippen LogP contribution in [0.15, 0.2) is 36.7 Å². The standard InChI is InChI=1S/C15H16N4S/c1-2-6-13-11(4-1)18-15(20-13)12-5-3-9-19(12)10-14-16-7-8-17-14/h1-2,4,6-8,12H,3,5,9-10H2,(H,16,17). The van der Waals surface area contributed by atoms with E-state index < -0.39 is 0 Å². The first-order chi connectivity index (χ1) is 9.90. The van der Waals surface area contributed by atoms with E-state index in [1.165, 1.54) is 22.5 Å². The van der Waals surface area contributed by atoms with Crippen LogP contribution < -0.4 is 0 Å². The Morgan fingerprint density at radius 2 is 2.30 bits per heavy atom. The highest BCUT2D eigenvalue weighted by Gasteiger charge is 2.29. The fraction of sp³-hybridized carbons (Fsp3) is 0.333. The van der Waals surface area contributed by atoms with Crippen LogP contribution in [-0.2, 0) is 6.54 Å². The van der Waals surface area contributed by atoms with Crippen LogP contribution in [-0.4, -0.2) is 26.4 Å². The molecule has 1 saturated heterocycles. The molecule has 2 aromatic heterocycles. The van der Waals surface area contributed by atoms with Crippen LogP contribution >= 0.6 is 11.3 Å². The van der Waals surface area contributed by atoms with E-state index in [4.69, 9.17) is 4.98 Å². The van der Waals surface area contributed by atoms with Gasteiger partial charge in [0.2, 0.25) is 0 Å². The average molecular weight is 284 g/mol. The Labute approximate surface area is 121 Å². The number of thiazole rings is 1. The van der Waals surface area contributed by atoms with Gasteiger partial charge in [0, 0.05) is 12.4 Å². The van der Waals surface area contributed by atoms with E-state index in [0.717, 1.165) is 24.4 Å². The van der Waals surface area contributed by atoms with Gasteiger partial charge in [-0.25, -0.2) is 9.97 Å². The van der Waals surface area contributed by atoms with Gasteiger partial charge in [-0.2, -0.15) is 0 Å². The van der Waals surface area contributed by atoms with Crippen molar-refractivity contribution in [1.82, 2.24) is 19.9 Å². The predicted molar refractivity (Wildman–Crippen MR) is 80.6 cm³/mol. The number of likely N-dealkylation sites (tertiary alicyclic amines) is 1. The second-order valence-electron chi connectivity index (χ2n) is 5.18. The molecule has 0 amide bonds. The maximum absolute atomic E-state index is 4.82. The summed E-state index contributed by atoms with van der Waals surface area (Å²) in [6.07, 6.45) is 6.14. The van der Waals surface area contributed by atoms with Gasteiger partial charge in [0.15, 0.2) is 0 Å². The molecule has 0 bridgehead atoms. The van der Waals surface area contributed by atoms with Crippen molar-refractivity contribution in [2.24, 2.45) is 0 Å². The van der Waals surface area contributed by atoms with Gasteiger partial charge < -0.3 is 4.98 Å². The lowest BCUT2D eigenvalue weighted by Crippen LogP contribution is -2.23. The number of benzene rings is 1. The van der Waals surface area contributed by atoms with Crippen LogP contribution in [0.1, 0.15) is 29.7 Å². The molecule has 1 fully saturated rings. The number of nitrogens with zero attached hydrogens (tertiary/aromatic N) is 3. The molecule has 1 aliphatic heterocycles. The Morgan fingerprint density at radius 1 is 1.35 bits per heavy atom. The van der Waals surface area contributed by atoms with Crippen molar-refractivity contribution in [2.75, 3.05) is 6.54 Å². The summed E-state index contributed by atoms with van der Waals surface area (Å²) in [6.45, 7) is 2.01. The summed E-state index contributed by atoms with van der Waals surface area (Å²) in [7, 11) is 0. The molecule has 5 heteroatoms. The summed E-state index contributed by atoms with van der Waals surface area (Å²) < 4.78 is 1.28. The van der Waals surface area contributed by atoms with E-state index >= 15 is 0 Å². The Bertz CT molecular complexity index is 671. The number of hydrogen-bond acceptors (Lipinski definition) is 4. The van der Waals surface area contributed by atoms with Crippen molar-refractivity contribution in [3.63, 3.8) is 0 Å². The Morgan fingerprint density at radius 3 is 3.15 bits per heavy atom. The number of aromatic amines is 1. The monoisotopic (exact) mass is 284 g/mol. The number of H-pyrrole nitrogens is 1. The molecule has 1 atom stereocenters. The zero-order valence-corrected chi connectivity index (χ0v) is 11.9. The molecule has 3 heterocycles. The van der Waals surface area contributed by atoms with E-state index in [0.29, 0.717) is 6.04 Å². The lowest BCUT2D eigenvalue weighted by molar-refractivity contribution is 0.243. The van der Waals surface area contributed by atoms with Crippen molar-refractivity contribution in [2.45, 2.75) is 25.4 Å².